The fourth-order valence-corrected chi connectivity index (χ4v) is 3.04. The zero-order valence-electron chi connectivity index (χ0n) is 6.99. The van der Waals surface area contributed by atoms with E-state index in [0.717, 1.165) is 6.54 Å². The van der Waals surface area contributed by atoms with Crippen molar-refractivity contribution in [3.63, 3.8) is 0 Å². The Hall–Kier alpha value is -0.130. The van der Waals surface area contributed by atoms with E-state index in [0.29, 0.717) is 12.8 Å². The molecule has 0 amide bonds. The lowest BCUT2D eigenvalue weighted by Gasteiger charge is -2.12. The van der Waals surface area contributed by atoms with Crippen molar-refractivity contribution in [2.45, 2.75) is 18.9 Å². The molecule has 0 bridgehead atoms. The van der Waals surface area contributed by atoms with Gasteiger partial charge in [0.15, 0.2) is 9.84 Å². The molecule has 1 unspecified atom stereocenters. The summed E-state index contributed by atoms with van der Waals surface area (Å²) >= 11 is 0. The lowest BCUT2D eigenvalue weighted by molar-refractivity contribution is 0.270. The summed E-state index contributed by atoms with van der Waals surface area (Å²) in [5.74, 6) is 0.454. The summed E-state index contributed by atoms with van der Waals surface area (Å²) in [5, 5.41) is 11.7. The summed E-state index contributed by atoms with van der Waals surface area (Å²) in [4.78, 5) is 0. The van der Waals surface area contributed by atoms with Gasteiger partial charge in [0.2, 0.25) is 0 Å². The predicted octanol–water partition coefficient (Wildman–Crippen LogP) is -0.854. The van der Waals surface area contributed by atoms with Gasteiger partial charge in [-0.2, -0.15) is 0 Å². The summed E-state index contributed by atoms with van der Waals surface area (Å²) in [6.07, 6.45) is 1.21. The van der Waals surface area contributed by atoms with Crippen molar-refractivity contribution < 1.29 is 13.5 Å². The van der Waals surface area contributed by atoms with Crippen LogP contribution in [0.5, 0.6) is 0 Å². The van der Waals surface area contributed by atoms with Crippen LogP contribution in [0.1, 0.15) is 12.8 Å². The van der Waals surface area contributed by atoms with E-state index in [1.165, 1.54) is 0 Å². The van der Waals surface area contributed by atoms with Gasteiger partial charge in [0, 0.05) is 12.6 Å². The molecule has 4 nitrogen and oxygen atoms in total. The molecule has 1 rings (SSSR count). The van der Waals surface area contributed by atoms with Gasteiger partial charge in [0.05, 0.1) is 11.5 Å². The third kappa shape index (κ3) is 3.08. The lowest BCUT2D eigenvalue weighted by Crippen LogP contribution is -2.34. The fraction of sp³-hybridized carbons (Fsp3) is 1.00. The Morgan fingerprint density at radius 3 is 2.92 bits per heavy atom. The Balaban J connectivity index is 2.54. The van der Waals surface area contributed by atoms with E-state index < -0.39 is 9.84 Å². The molecule has 5 heteroatoms. The second-order valence-corrected chi connectivity index (χ2v) is 5.36. The number of nitrogens with one attached hydrogen (secondary N) is 1. The Kier molecular flexibility index (Phi) is 3.49. The maximum Gasteiger partial charge on any atom is 0.151 e. The summed E-state index contributed by atoms with van der Waals surface area (Å²) < 4.78 is 22.5. The van der Waals surface area contributed by atoms with E-state index in [-0.39, 0.29) is 24.2 Å². The Morgan fingerprint density at radius 1 is 1.50 bits per heavy atom. The van der Waals surface area contributed by atoms with Crippen LogP contribution in [0, 0.1) is 0 Å². The van der Waals surface area contributed by atoms with E-state index in [4.69, 9.17) is 5.11 Å². The van der Waals surface area contributed by atoms with Crippen molar-refractivity contribution in [1.82, 2.24) is 5.32 Å². The maximum atomic E-state index is 11.2. The molecule has 0 aromatic heterocycles. The van der Waals surface area contributed by atoms with E-state index >= 15 is 0 Å². The largest absolute Gasteiger partial charge is 0.396 e. The van der Waals surface area contributed by atoms with Crippen LogP contribution in [0.25, 0.3) is 0 Å². The molecule has 0 aromatic rings. The average Bonchev–Trinajstić information content (AvgIpc) is 2.11. The first kappa shape index (κ1) is 9.95. The van der Waals surface area contributed by atoms with E-state index in [9.17, 15) is 8.42 Å². The summed E-state index contributed by atoms with van der Waals surface area (Å²) in [7, 11) is -2.86. The number of rotatable bonds is 2. The second-order valence-electron chi connectivity index (χ2n) is 3.13. The first-order valence-electron chi connectivity index (χ1n) is 4.19. The smallest absolute Gasteiger partial charge is 0.151 e. The third-order valence-electron chi connectivity index (χ3n) is 2.00. The van der Waals surface area contributed by atoms with Crippen molar-refractivity contribution in [2.24, 2.45) is 0 Å². The molecule has 1 fully saturated rings. The van der Waals surface area contributed by atoms with Crippen LogP contribution in [0.2, 0.25) is 0 Å². The lowest BCUT2D eigenvalue weighted by atomic mass is 10.2. The number of hydrogen-bond donors (Lipinski definition) is 2. The van der Waals surface area contributed by atoms with Crippen molar-refractivity contribution in [3.8, 4) is 0 Å². The van der Waals surface area contributed by atoms with Crippen molar-refractivity contribution in [3.05, 3.63) is 0 Å². The highest BCUT2D eigenvalue weighted by Crippen LogP contribution is 2.04. The maximum absolute atomic E-state index is 11.2. The van der Waals surface area contributed by atoms with Crippen LogP contribution >= 0.6 is 0 Å². The zero-order valence-corrected chi connectivity index (χ0v) is 7.81. The third-order valence-corrected chi connectivity index (χ3v) is 3.82. The molecule has 0 saturated carbocycles. The minimum Gasteiger partial charge on any atom is -0.396 e. The van der Waals surface area contributed by atoms with Gasteiger partial charge in [-0.1, -0.05) is 0 Å². The van der Waals surface area contributed by atoms with Crippen LogP contribution in [0.15, 0.2) is 0 Å². The van der Waals surface area contributed by atoms with E-state index in [1.54, 1.807) is 0 Å². The van der Waals surface area contributed by atoms with Crippen molar-refractivity contribution in [2.75, 3.05) is 24.7 Å². The van der Waals surface area contributed by atoms with Gasteiger partial charge in [-0.15, -0.1) is 0 Å². The molecular formula is C7H15NO3S. The molecule has 0 aromatic carbocycles. The van der Waals surface area contributed by atoms with Crippen LogP contribution in [0.3, 0.4) is 0 Å². The van der Waals surface area contributed by atoms with Crippen LogP contribution in [0.4, 0.5) is 0 Å². The minimum atomic E-state index is -2.86. The van der Waals surface area contributed by atoms with Crippen molar-refractivity contribution in [1.29, 1.82) is 0 Å². The number of hydrogen-bond acceptors (Lipinski definition) is 4. The monoisotopic (exact) mass is 193 g/mol. The highest BCUT2D eigenvalue weighted by molar-refractivity contribution is 7.91. The quantitative estimate of drug-likeness (QED) is 0.599. The van der Waals surface area contributed by atoms with Gasteiger partial charge in [-0.25, -0.2) is 8.42 Å². The minimum absolute atomic E-state index is 0.0488. The summed E-state index contributed by atoms with van der Waals surface area (Å²) in [5.41, 5.74) is 0. The molecule has 0 spiro atoms. The molecule has 1 aliphatic heterocycles. The highest BCUT2D eigenvalue weighted by Gasteiger charge is 2.21. The molecule has 2 N–H and O–H groups in total. The van der Waals surface area contributed by atoms with Crippen LogP contribution in [-0.2, 0) is 9.84 Å². The number of aliphatic hydroxyl groups is 1. The molecule has 12 heavy (non-hydrogen) atoms. The molecule has 0 aliphatic carbocycles. The molecule has 1 saturated heterocycles. The molecule has 1 aliphatic rings. The molecule has 1 heterocycles. The molecule has 1 atom stereocenters. The SMILES string of the molecule is O=S1(=O)CCCNC(CCO)C1. The summed E-state index contributed by atoms with van der Waals surface area (Å²) in [6.45, 7) is 0.789. The van der Waals surface area contributed by atoms with E-state index in [1.807, 2.05) is 0 Å². The van der Waals surface area contributed by atoms with Gasteiger partial charge >= 0.3 is 0 Å². The number of sulfone groups is 1. The average molecular weight is 193 g/mol. The highest BCUT2D eigenvalue weighted by atomic mass is 32.2. The van der Waals surface area contributed by atoms with Crippen molar-refractivity contribution >= 4 is 9.84 Å². The first-order chi connectivity index (χ1) is 5.64. The topological polar surface area (TPSA) is 66.4 Å². The van der Waals surface area contributed by atoms with Gasteiger partial charge in [-0.3, -0.25) is 0 Å². The normalized spacial score (nSPS) is 29.6. The van der Waals surface area contributed by atoms with Gasteiger partial charge < -0.3 is 10.4 Å². The van der Waals surface area contributed by atoms with Gasteiger partial charge in [0.1, 0.15) is 0 Å². The number of aliphatic hydroxyl groups excluding tert-OH is 1. The Bertz CT molecular complexity index is 225. The van der Waals surface area contributed by atoms with Crippen LogP contribution in [-0.4, -0.2) is 44.2 Å². The zero-order chi connectivity index (χ0) is 9.03. The molecule has 0 radical (unpaired) electrons. The second kappa shape index (κ2) is 4.20. The standard InChI is InChI=1S/C7H15NO3S/c9-4-2-7-6-12(10,11)5-1-3-8-7/h7-9H,1-6H2. The van der Waals surface area contributed by atoms with E-state index in [2.05, 4.69) is 5.32 Å². The first-order valence-corrected chi connectivity index (χ1v) is 6.01. The molecular weight excluding hydrogens is 178 g/mol. The Morgan fingerprint density at radius 2 is 2.25 bits per heavy atom. The fourth-order valence-electron chi connectivity index (χ4n) is 1.39. The van der Waals surface area contributed by atoms with Crippen LogP contribution < -0.4 is 5.32 Å². The summed E-state index contributed by atoms with van der Waals surface area (Å²) in [6, 6.07) is -0.0532. The Labute approximate surface area is 72.9 Å². The van der Waals surface area contributed by atoms with Gasteiger partial charge in [0.25, 0.3) is 0 Å². The van der Waals surface area contributed by atoms with Gasteiger partial charge in [-0.05, 0) is 19.4 Å². The molecule has 72 valence electrons. The predicted molar refractivity (Wildman–Crippen MR) is 46.8 cm³/mol.